The normalized spacial score (nSPS) is 15.6. The van der Waals surface area contributed by atoms with Crippen molar-refractivity contribution in [2.45, 2.75) is 11.6 Å². The van der Waals surface area contributed by atoms with Crippen LogP contribution < -0.4 is 10.9 Å². The van der Waals surface area contributed by atoms with Crippen LogP contribution in [0.2, 0.25) is 0 Å². The van der Waals surface area contributed by atoms with Crippen LogP contribution in [0, 0.1) is 0 Å². The van der Waals surface area contributed by atoms with E-state index in [4.69, 9.17) is 0 Å². The van der Waals surface area contributed by atoms with Gasteiger partial charge in [0.15, 0.2) is 10.9 Å². The highest BCUT2D eigenvalue weighted by Crippen LogP contribution is 2.54. The molecule has 9 nitrogen and oxygen atoms in total. The van der Waals surface area contributed by atoms with Crippen molar-refractivity contribution in [3.8, 4) is 5.75 Å². The van der Waals surface area contributed by atoms with Crippen molar-refractivity contribution in [2.75, 3.05) is 5.32 Å². The van der Waals surface area contributed by atoms with Crippen molar-refractivity contribution in [2.24, 2.45) is 4.40 Å². The molecule has 0 atom stereocenters. The maximum atomic E-state index is 13.5. The van der Waals surface area contributed by atoms with E-state index in [1.807, 2.05) is 30.3 Å². The Balaban J connectivity index is 1.75. The van der Waals surface area contributed by atoms with Crippen molar-refractivity contribution >= 4 is 33.3 Å². The van der Waals surface area contributed by atoms with E-state index < -0.39 is 16.3 Å². The zero-order chi connectivity index (χ0) is 21.6. The lowest BCUT2D eigenvalue weighted by molar-refractivity contribution is 0.477. The second kappa shape index (κ2) is 7.20. The van der Waals surface area contributed by atoms with E-state index in [2.05, 4.69) is 19.7 Å². The Morgan fingerprint density at radius 3 is 2.52 bits per heavy atom. The number of benzene rings is 1. The Morgan fingerprint density at radius 1 is 0.968 bits per heavy atom. The number of nitrogens with zero attached hydrogens (tertiary/aromatic N) is 4. The van der Waals surface area contributed by atoms with Gasteiger partial charge in [0.1, 0.15) is 17.0 Å². The quantitative estimate of drug-likeness (QED) is 0.387. The van der Waals surface area contributed by atoms with Gasteiger partial charge in [-0.25, -0.2) is 9.97 Å². The first-order chi connectivity index (χ1) is 15.0. The molecule has 0 saturated heterocycles. The Kier molecular flexibility index (Phi) is 4.47. The molecule has 0 unspecified atom stereocenters. The van der Waals surface area contributed by atoms with Gasteiger partial charge in [0.05, 0.1) is 17.6 Å². The van der Waals surface area contributed by atoms with Crippen molar-refractivity contribution < 1.29 is 14.2 Å². The fraction of sp³-hybridized carbons (Fsp3) is 0.0476. The number of amidine groups is 1. The molecule has 1 aliphatic heterocycles. The summed E-state index contributed by atoms with van der Waals surface area (Å²) < 4.78 is 26.4. The molecule has 31 heavy (non-hydrogen) atoms. The van der Waals surface area contributed by atoms with Crippen LogP contribution in [-0.4, -0.2) is 34.6 Å². The number of hydrogen-bond donors (Lipinski definition) is 4. The summed E-state index contributed by atoms with van der Waals surface area (Å²) in [6.07, 6.45) is 2.96. The molecule has 10 heteroatoms. The number of aromatic hydroxyl groups is 1. The van der Waals surface area contributed by atoms with Crippen LogP contribution in [-0.2, 0) is 6.54 Å². The van der Waals surface area contributed by atoms with Crippen LogP contribution in [0.15, 0.2) is 81.2 Å². The van der Waals surface area contributed by atoms with Gasteiger partial charge in [-0.05, 0) is 40.6 Å². The summed E-state index contributed by atoms with van der Waals surface area (Å²) in [5, 5.41) is 14.2. The molecule has 4 aromatic rings. The first-order valence-corrected chi connectivity index (χ1v) is 10.8. The largest absolute Gasteiger partial charge is 0.506 e. The number of nitrogens with one attached hydrogen (secondary N) is 1. The van der Waals surface area contributed by atoms with E-state index in [1.54, 1.807) is 24.3 Å². The molecule has 0 bridgehead atoms. The molecule has 1 aliphatic rings. The molecule has 0 radical (unpaired) electrons. The summed E-state index contributed by atoms with van der Waals surface area (Å²) in [7, 11) is -3.66. The van der Waals surface area contributed by atoms with E-state index in [9.17, 15) is 19.0 Å². The summed E-state index contributed by atoms with van der Waals surface area (Å²) in [6, 6.07) is 15.8. The highest BCUT2D eigenvalue weighted by atomic mass is 32.3. The Morgan fingerprint density at radius 2 is 1.71 bits per heavy atom. The smallest absolute Gasteiger partial charge is 0.267 e. The van der Waals surface area contributed by atoms with Gasteiger partial charge in [-0.1, -0.05) is 30.3 Å². The monoisotopic (exact) mass is 435 g/mol. The second-order valence-corrected chi connectivity index (χ2v) is 8.52. The number of rotatable bonds is 3. The average Bonchev–Trinajstić information content (AvgIpc) is 2.77. The molecular weight excluding hydrogens is 418 g/mol. The molecule has 5 rings (SSSR count). The van der Waals surface area contributed by atoms with Crippen molar-refractivity contribution in [1.82, 2.24) is 14.5 Å². The number of anilines is 1. The Bertz CT molecular complexity index is 1400. The predicted molar refractivity (Wildman–Crippen MR) is 119 cm³/mol. The fourth-order valence-corrected chi connectivity index (χ4v) is 4.62. The maximum Gasteiger partial charge on any atom is 0.267 e. The minimum Gasteiger partial charge on any atom is -0.506 e. The number of fused-ring (bicyclic) bond motifs is 2. The standard InChI is InChI=1S/C21H17N5O4S/c27-17-14-8-4-10-22-19(14)26(12-13-6-2-1-3-7-13)21(28)16(17)18-24-15-9-5-11-23-20(15)31(29,30)25-18/h1-11,27,29-30H,12H2,(H,24,25). The Hall–Kier alpha value is -3.73. The van der Waals surface area contributed by atoms with Gasteiger partial charge in [-0.3, -0.25) is 18.5 Å². The average molecular weight is 435 g/mol. The molecule has 3 aromatic heterocycles. The molecule has 1 aromatic carbocycles. The molecule has 4 N–H and O–H groups in total. The lowest BCUT2D eigenvalue weighted by Crippen LogP contribution is -2.32. The van der Waals surface area contributed by atoms with E-state index in [0.717, 1.165) is 5.56 Å². The van der Waals surface area contributed by atoms with Crippen LogP contribution in [0.3, 0.4) is 0 Å². The SMILES string of the molecule is O=c1c(C2=NS(O)(O)c3ncccc3N2)c(O)c2cccnc2n1Cc1ccccc1. The molecule has 0 spiro atoms. The summed E-state index contributed by atoms with van der Waals surface area (Å²) in [5.74, 6) is -0.484. The first kappa shape index (κ1) is 19.2. The van der Waals surface area contributed by atoms with E-state index in [1.165, 1.54) is 17.0 Å². The summed E-state index contributed by atoms with van der Waals surface area (Å²) in [6.45, 7) is 0.210. The van der Waals surface area contributed by atoms with Crippen LogP contribution in [0.5, 0.6) is 5.75 Å². The number of hydrogen-bond acceptors (Lipinski definition) is 8. The molecule has 0 amide bonds. The molecule has 0 fully saturated rings. The van der Waals surface area contributed by atoms with Gasteiger partial charge in [0.25, 0.3) is 5.56 Å². The zero-order valence-electron chi connectivity index (χ0n) is 16.0. The third-order valence-electron chi connectivity index (χ3n) is 4.92. The van der Waals surface area contributed by atoms with Gasteiger partial charge < -0.3 is 10.4 Å². The second-order valence-electron chi connectivity index (χ2n) is 6.91. The predicted octanol–water partition coefficient (Wildman–Crippen LogP) is 3.44. The Labute approximate surface area is 177 Å². The third kappa shape index (κ3) is 3.22. The highest BCUT2D eigenvalue weighted by Gasteiger charge is 2.31. The van der Waals surface area contributed by atoms with Crippen LogP contribution in [0.25, 0.3) is 11.0 Å². The summed E-state index contributed by atoms with van der Waals surface area (Å²) in [4.78, 5) is 21.8. The van der Waals surface area contributed by atoms with Crippen LogP contribution in [0.4, 0.5) is 5.69 Å². The molecular formula is C21H17N5O4S. The number of aromatic nitrogens is 3. The van der Waals surface area contributed by atoms with Crippen LogP contribution >= 0.6 is 10.8 Å². The van der Waals surface area contributed by atoms with E-state index >= 15 is 0 Å². The molecule has 0 saturated carbocycles. The topological polar surface area (TPSA) is 133 Å². The molecule has 0 aliphatic carbocycles. The number of pyridine rings is 3. The minimum absolute atomic E-state index is 0.0229. The van der Waals surface area contributed by atoms with Crippen molar-refractivity contribution in [3.63, 3.8) is 0 Å². The van der Waals surface area contributed by atoms with Gasteiger partial charge in [-0.2, -0.15) is 0 Å². The van der Waals surface area contributed by atoms with Crippen LogP contribution in [0.1, 0.15) is 11.1 Å². The lowest BCUT2D eigenvalue weighted by atomic mass is 10.1. The van der Waals surface area contributed by atoms with E-state index in [0.29, 0.717) is 16.7 Å². The fourth-order valence-electron chi connectivity index (χ4n) is 3.52. The van der Waals surface area contributed by atoms with Gasteiger partial charge >= 0.3 is 0 Å². The minimum atomic E-state index is -3.66. The van der Waals surface area contributed by atoms with E-state index in [-0.39, 0.29) is 28.7 Å². The maximum absolute atomic E-state index is 13.5. The highest BCUT2D eigenvalue weighted by molar-refractivity contribution is 8.23. The van der Waals surface area contributed by atoms with Gasteiger partial charge in [0.2, 0.25) is 0 Å². The lowest BCUT2D eigenvalue weighted by Gasteiger charge is -2.32. The summed E-state index contributed by atoms with van der Waals surface area (Å²) in [5.41, 5.74) is 0.729. The van der Waals surface area contributed by atoms with Gasteiger partial charge in [-0.15, -0.1) is 4.40 Å². The molecule has 4 heterocycles. The summed E-state index contributed by atoms with van der Waals surface area (Å²) >= 11 is 0. The zero-order valence-corrected chi connectivity index (χ0v) is 16.8. The van der Waals surface area contributed by atoms with Crippen molar-refractivity contribution in [3.05, 3.63) is 88.5 Å². The first-order valence-electron chi connectivity index (χ1n) is 9.31. The van der Waals surface area contributed by atoms with Crippen molar-refractivity contribution in [1.29, 1.82) is 0 Å². The third-order valence-corrected chi connectivity index (χ3v) is 6.20. The van der Waals surface area contributed by atoms with Gasteiger partial charge in [0, 0.05) is 12.4 Å². The molecule has 156 valence electrons.